The van der Waals surface area contributed by atoms with Gasteiger partial charge in [0.05, 0.1) is 13.2 Å². The standard InChI is InChI=1S/C12H18N2O2/c1-4-11(13)12(15)14(2)9-5-7-10(16-3)8-6-9/h5-8,11H,4,13H2,1-3H3/t11-/m1/s1. The molecule has 1 rings (SSSR count). The van der Waals surface area contributed by atoms with E-state index in [1.165, 1.54) is 0 Å². The van der Waals surface area contributed by atoms with Gasteiger partial charge in [-0.1, -0.05) is 6.92 Å². The number of hydrogen-bond donors (Lipinski definition) is 1. The highest BCUT2D eigenvalue weighted by atomic mass is 16.5. The van der Waals surface area contributed by atoms with E-state index in [9.17, 15) is 4.79 Å². The molecule has 0 fully saturated rings. The smallest absolute Gasteiger partial charge is 0.243 e. The molecule has 2 N–H and O–H groups in total. The number of anilines is 1. The van der Waals surface area contributed by atoms with Crippen LogP contribution in [-0.2, 0) is 4.79 Å². The van der Waals surface area contributed by atoms with E-state index in [4.69, 9.17) is 10.5 Å². The van der Waals surface area contributed by atoms with Gasteiger partial charge in [0.15, 0.2) is 0 Å². The molecule has 4 heteroatoms. The largest absolute Gasteiger partial charge is 0.497 e. The average Bonchev–Trinajstić information content (AvgIpc) is 2.36. The van der Waals surface area contributed by atoms with Gasteiger partial charge < -0.3 is 15.4 Å². The van der Waals surface area contributed by atoms with E-state index in [0.29, 0.717) is 6.42 Å². The first kappa shape index (κ1) is 12.5. The number of benzene rings is 1. The van der Waals surface area contributed by atoms with E-state index in [1.54, 1.807) is 19.1 Å². The van der Waals surface area contributed by atoms with E-state index >= 15 is 0 Å². The van der Waals surface area contributed by atoms with E-state index in [-0.39, 0.29) is 5.91 Å². The molecule has 1 aromatic rings. The second-order valence-electron chi connectivity index (χ2n) is 3.61. The molecule has 1 aromatic carbocycles. The lowest BCUT2D eigenvalue weighted by atomic mass is 10.2. The maximum atomic E-state index is 11.8. The minimum atomic E-state index is -0.438. The molecule has 0 aliphatic rings. The maximum Gasteiger partial charge on any atom is 0.243 e. The highest BCUT2D eigenvalue weighted by Crippen LogP contribution is 2.18. The van der Waals surface area contributed by atoms with Gasteiger partial charge in [-0.2, -0.15) is 0 Å². The Kier molecular flexibility index (Phi) is 4.31. The van der Waals surface area contributed by atoms with Crippen molar-refractivity contribution in [1.82, 2.24) is 0 Å². The Labute approximate surface area is 96.0 Å². The van der Waals surface area contributed by atoms with Crippen LogP contribution in [0, 0.1) is 0 Å². The van der Waals surface area contributed by atoms with Gasteiger partial charge in [0, 0.05) is 12.7 Å². The third-order valence-electron chi connectivity index (χ3n) is 2.55. The summed E-state index contributed by atoms with van der Waals surface area (Å²) >= 11 is 0. The van der Waals surface area contributed by atoms with Crippen LogP contribution in [0.2, 0.25) is 0 Å². The van der Waals surface area contributed by atoms with Crippen LogP contribution in [0.4, 0.5) is 5.69 Å². The number of rotatable bonds is 4. The third kappa shape index (κ3) is 2.73. The van der Waals surface area contributed by atoms with E-state index in [1.807, 2.05) is 31.2 Å². The third-order valence-corrected chi connectivity index (χ3v) is 2.55. The zero-order valence-corrected chi connectivity index (χ0v) is 9.93. The van der Waals surface area contributed by atoms with Crippen molar-refractivity contribution in [2.45, 2.75) is 19.4 Å². The van der Waals surface area contributed by atoms with Crippen LogP contribution in [0.25, 0.3) is 0 Å². The van der Waals surface area contributed by atoms with Gasteiger partial charge in [-0.25, -0.2) is 0 Å². The van der Waals surface area contributed by atoms with Crippen molar-refractivity contribution >= 4 is 11.6 Å². The van der Waals surface area contributed by atoms with Crippen molar-refractivity contribution in [3.05, 3.63) is 24.3 Å². The van der Waals surface area contributed by atoms with Crippen LogP contribution in [0.5, 0.6) is 5.75 Å². The van der Waals surface area contributed by atoms with Gasteiger partial charge in [-0.05, 0) is 30.7 Å². The molecule has 0 aromatic heterocycles. The summed E-state index contributed by atoms with van der Waals surface area (Å²) in [6.07, 6.45) is 0.638. The second kappa shape index (κ2) is 5.51. The van der Waals surface area contributed by atoms with Crippen molar-refractivity contribution in [3.63, 3.8) is 0 Å². The molecule has 0 spiro atoms. The van der Waals surface area contributed by atoms with E-state index < -0.39 is 6.04 Å². The molecule has 0 unspecified atom stereocenters. The fourth-order valence-corrected chi connectivity index (χ4v) is 1.36. The molecule has 0 aliphatic heterocycles. The highest BCUT2D eigenvalue weighted by molar-refractivity contribution is 5.96. The Morgan fingerprint density at radius 3 is 2.44 bits per heavy atom. The fourth-order valence-electron chi connectivity index (χ4n) is 1.36. The normalized spacial score (nSPS) is 12.0. The van der Waals surface area contributed by atoms with Gasteiger partial charge in [-0.3, -0.25) is 4.79 Å². The zero-order chi connectivity index (χ0) is 12.1. The minimum Gasteiger partial charge on any atom is -0.497 e. The predicted octanol–water partition coefficient (Wildman–Crippen LogP) is 1.40. The lowest BCUT2D eigenvalue weighted by Gasteiger charge is -2.20. The van der Waals surface area contributed by atoms with Gasteiger partial charge >= 0.3 is 0 Å². The summed E-state index contributed by atoms with van der Waals surface area (Å²) in [4.78, 5) is 13.4. The second-order valence-corrected chi connectivity index (χ2v) is 3.61. The number of amides is 1. The van der Waals surface area contributed by atoms with Crippen LogP contribution >= 0.6 is 0 Å². The quantitative estimate of drug-likeness (QED) is 0.837. The van der Waals surface area contributed by atoms with E-state index in [2.05, 4.69) is 0 Å². The van der Waals surface area contributed by atoms with Crippen molar-refractivity contribution in [1.29, 1.82) is 0 Å². The van der Waals surface area contributed by atoms with Crippen molar-refractivity contribution in [2.75, 3.05) is 19.1 Å². The molecular weight excluding hydrogens is 204 g/mol. The molecule has 88 valence electrons. The van der Waals surface area contributed by atoms with Crippen molar-refractivity contribution in [3.8, 4) is 5.75 Å². The predicted molar refractivity (Wildman–Crippen MR) is 64.7 cm³/mol. The SMILES string of the molecule is CC[C@@H](N)C(=O)N(C)c1ccc(OC)cc1. The number of carbonyl (C=O) groups excluding carboxylic acids is 1. The molecule has 0 bridgehead atoms. The minimum absolute atomic E-state index is 0.0762. The lowest BCUT2D eigenvalue weighted by Crippen LogP contribution is -2.41. The molecule has 1 atom stereocenters. The highest BCUT2D eigenvalue weighted by Gasteiger charge is 2.17. The summed E-state index contributed by atoms with van der Waals surface area (Å²) in [5, 5.41) is 0. The first-order chi connectivity index (χ1) is 7.60. The Hall–Kier alpha value is -1.55. The Morgan fingerprint density at radius 2 is 2.00 bits per heavy atom. The number of nitrogens with zero attached hydrogens (tertiary/aromatic N) is 1. The van der Waals surface area contributed by atoms with Crippen LogP contribution in [0.1, 0.15) is 13.3 Å². The summed E-state index contributed by atoms with van der Waals surface area (Å²) in [5.41, 5.74) is 6.51. The number of ether oxygens (including phenoxy) is 1. The van der Waals surface area contributed by atoms with Gasteiger partial charge in [0.2, 0.25) is 5.91 Å². The summed E-state index contributed by atoms with van der Waals surface area (Å²) in [6, 6.07) is 6.86. The molecule has 16 heavy (non-hydrogen) atoms. The fraction of sp³-hybridized carbons (Fsp3) is 0.417. The van der Waals surface area contributed by atoms with Crippen LogP contribution in [-0.4, -0.2) is 26.1 Å². The number of carbonyl (C=O) groups is 1. The number of nitrogens with two attached hydrogens (primary N) is 1. The van der Waals surface area contributed by atoms with Crippen LogP contribution < -0.4 is 15.4 Å². The monoisotopic (exact) mass is 222 g/mol. The summed E-state index contributed by atoms with van der Waals surface area (Å²) in [5.74, 6) is 0.692. The molecule has 0 radical (unpaired) electrons. The summed E-state index contributed by atoms with van der Waals surface area (Å²) in [7, 11) is 3.33. The van der Waals surface area contributed by atoms with Gasteiger partial charge in [-0.15, -0.1) is 0 Å². The molecule has 4 nitrogen and oxygen atoms in total. The van der Waals surface area contributed by atoms with E-state index in [0.717, 1.165) is 11.4 Å². The number of methoxy groups -OCH3 is 1. The molecule has 0 saturated carbocycles. The van der Waals surface area contributed by atoms with Crippen molar-refractivity contribution in [2.24, 2.45) is 5.73 Å². The first-order valence-corrected chi connectivity index (χ1v) is 5.27. The first-order valence-electron chi connectivity index (χ1n) is 5.27. The molecule has 0 aliphatic carbocycles. The molecule has 1 amide bonds. The number of hydrogen-bond acceptors (Lipinski definition) is 3. The van der Waals surface area contributed by atoms with Crippen molar-refractivity contribution < 1.29 is 9.53 Å². The summed E-state index contributed by atoms with van der Waals surface area (Å²) in [6.45, 7) is 1.89. The maximum absolute atomic E-state index is 11.8. The Morgan fingerprint density at radius 1 is 1.44 bits per heavy atom. The Bertz CT molecular complexity index is 349. The summed E-state index contributed by atoms with van der Waals surface area (Å²) < 4.78 is 5.05. The Balaban J connectivity index is 2.79. The molecule has 0 saturated heterocycles. The van der Waals surface area contributed by atoms with Gasteiger partial charge in [0.1, 0.15) is 5.75 Å². The molecule has 0 heterocycles. The lowest BCUT2D eigenvalue weighted by molar-refractivity contribution is -0.119. The van der Waals surface area contributed by atoms with Gasteiger partial charge in [0.25, 0.3) is 0 Å². The molecular formula is C12H18N2O2. The van der Waals surface area contributed by atoms with Crippen LogP contribution in [0.3, 0.4) is 0 Å². The topological polar surface area (TPSA) is 55.6 Å². The van der Waals surface area contributed by atoms with Crippen LogP contribution in [0.15, 0.2) is 24.3 Å². The number of likely N-dealkylation sites (N-methyl/N-ethyl adjacent to an activating group) is 1. The zero-order valence-electron chi connectivity index (χ0n) is 9.93. The average molecular weight is 222 g/mol.